The number of hydrogen-bond acceptors (Lipinski definition) is 6. The summed E-state index contributed by atoms with van der Waals surface area (Å²) in [4.78, 5) is 50.4. The van der Waals surface area contributed by atoms with Crippen LogP contribution in [0.1, 0.15) is 64.8 Å². The molecule has 30 heavy (non-hydrogen) atoms. The molecular weight excluding hydrogens is 384 g/mol. The van der Waals surface area contributed by atoms with Gasteiger partial charge in [0.2, 0.25) is 11.8 Å². The molecule has 4 amide bonds. The predicted molar refractivity (Wildman–Crippen MR) is 108 cm³/mol. The zero-order chi connectivity index (χ0) is 20.9. The van der Waals surface area contributed by atoms with E-state index in [0.29, 0.717) is 29.1 Å². The third kappa shape index (κ3) is 3.06. The van der Waals surface area contributed by atoms with E-state index in [2.05, 4.69) is 16.0 Å². The number of fused-ring (bicyclic) bond motifs is 1. The summed E-state index contributed by atoms with van der Waals surface area (Å²) in [6.07, 6.45) is 5.32. The van der Waals surface area contributed by atoms with Gasteiger partial charge in [0, 0.05) is 25.6 Å². The third-order valence-corrected chi connectivity index (χ3v) is 7.29. The summed E-state index contributed by atoms with van der Waals surface area (Å²) >= 11 is 0. The van der Waals surface area contributed by atoms with Gasteiger partial charge in [-0.1, -0.05) is 12.5 Å². The number of piperidine rings is 2. The van der Waals surface area contributed by atoms with Crippen LogP contribution in [0.3, 0.4) is 0 Å². The highest BCUT2D eigenvalue weighted by molar-refractivity contribution is 6.23. The summed E-state index contributed by atoms with van der Waals surface area (Å²) < 4.78 is 0. The molecule has 158 valence electrons. The van der Waals surface area contributed by atoms with Crippen molar-refractivity contribution < 1.29 is 19.2 Å². The molecule has 1 saturated carbocycles. The molecule has 3 aliphatic heterocycles. The van der Waals surface area contributed by atoms with Crippen LogP contribution in [0.2, 0.25) is 0 Å². The third-order valence-electron chi connectivity index (χ3n) is 7.29. The highest BCUT2D eigenvalue weighted by Crippen LogP contribution is 2.47. The van der Waals surface area contributed by atoms with Crippen LogP contribution in [0, 0.1) is 5.41 Å². The van der Waals surface area contributed by atoms with E-state index < -0.39 is 23.8 Å². The molecule has 8 nitrogen and oxygen atoms in total. The number of rotatable bonds is 4. The number of carbonyl (C=O) groups excluding carboxylic acids is 4. The van der Waals surface area contributed by atoms with E-state index in [9.17, 15) is 19.2 Å². The van der Waals surface area contributed by atoms with E-state index in [1.165, 1.54) is 25.7 Å². The van der Waals surface area contributed by atoms with Gasteiger partial charge < -0.3 is 10.6 Å². The lowest BCUT2D eigenvalue weighted by Crippen LogP contribution is -2.58. The van der Waals surface area contributed by atoms with E-state index in [4.69, 9.17) is 0 Å². The summed E-state index contributed by atoms with van der Waals surface area (Å²) in [6, 6.07) is 4.79. The molecule has 3 N–H and O–H groups in total. The zero-order valence-electron chi connectivity index (χ0n) is 16.8. The second-order valence-electron chi connectivity index (χ2n) is 8.93. The van der Waals surface area contributed by atoms with Crippen LogP contribution in [-0.4, -0.2) is 53.7 Å². The Morgan fingerprint density at radius 1 is 1.07 bits per heavy atom. The van der Waals surface area contributed by atoms with Crippen LogP contribution in [0.25, 0.3) is 0 Å². The minimum atomic E-state index is -0.927. The van der Waals surface area contributed by atoms with E-state index in [1.807, 2.05) is 6.07 Å². The van der Waals surface area contributed by atoms with Gasteiger partial charge in [0.05, 0.1) is 11.1 Å². The first kappa shape index (κ1) is 19.4. The van der Waals surface area contributed by atoms with Gasteiger partial charge in [-0.2, -0.15) is 0 Å². The maximum absolute atomic E-state index is 13.0. The molecule has 0 aromatic heterocycles. The van der Waals surface area contributed by atoms with Crippen molar-refractivity contribution >= 4 is 23.6 Å². The quantitative estimate of drug-likeness (QED) is 0.631. The predicted octanol–water partition coefficient (Wildman–Crippen LogP) is 0.710. The van der Waals surface area contributed by atoms with E-state index in [1.54, 1.807) is 12.1 Å². The first-order valence-electron chi connectivity index (χ1n) is 10.8. The summed E-state index contributed by atoms with van der Waals surface area (Å²) in [5.41, 5.74) is 2.00. The second kappa shape index (κ2) is 7.28. The number of carbonyl (C=O) groups is 4. The molecule has 2 atom stereocenters. The number of nitrogens with one attached hydrogen (secondary N) is 3. The standard InChI is InChI=1S/C22H26N4O4/c27-18-5-4-16(19(28)25-18)26-20(29)14-3-2-13(10-15(14)21(26)30)11-24-17-12-23-9-8-22(17)6-1-7-22/h2-3,10,16-17,23-24H,1,4-9,11-12H2,(H,25,27,28). The molecule has 1 aliphatic carbocycles. The maximum Gasteiger partial charge on any atom is 0.262 e. The zero-order valence-corrected chi connectivity index (χ0v) is 16.8. The number of benzene rings is 1. The number of hydrogen-bond donors (Lipinski definition) is 3. The second-order valence-corrected chi connectivity index (χ2v) is 8.93. The molecule has 4 aliphatic rings. The molecule has 0 radical (unpaired) electrons. The molecule has 3 fully saturated rings. The van der Waals surface area contributed by atoms with Crippen LogP contribution >= 0.6 is 0 Å². The van der Waals surface area contributed by atoms with Crippen molar-refractivity contribution in [3.8, 4) is 0 Å². The molecule has 1 aromatic rings. The first-order chi connectivity index (χ1) is 14.5. The van der Waals surface area contributed by atoms with Crippen molar-refractivity contribution in [2.24, 2.45) is 5.41 Å². The van der Waals surface area contributed by atoms with Crippen molar-refractivity contribution in [2.75, 3.05) is 13.1 Å². The summed E-state index contributed by atoms with van der Waals surface area (Å²) in [7, 11) is 0. The smallest absolute Gasteiger partial charge is 0.262 e. The molecular formula is C22H26N4O4. The van der Waals surface area contributed by atoms with E-state index in [0.717, 1.165) is 23.6 Å². The van der Waals surface area contributed by atoms with Gasteiger partial charge in [-0.25, -0.2) is 0 Å². The average molecular weight is 410 g/mol. The molecule has 0 bridgehead atoms. The Bertz CT molecular complexity index is 939. The van der Waals surface area contributed by atoms with Crippen molar-refractivity contribution in [3.05, 3.63) is 34.9 Å². The topological polar surface area (TPSA) is 108 Å². The largest absolute Gasteiger partial charge is 0.315 e. The van der Waals surface area contributed by atoms with Crippen LogP contribution in [-0.2, 0) is 16.1 Å². The molecule has 1 aromatic carbocycles. The number of nitrogens with zero attached hydrogens (tertiary/aromatic N) is 1. The van der Waals surface area contributed by atoms with Gasteiger partial charge in [-0.3, -0.25) is 29.4 Å². The average Bonchev–Trinajstić information content (AvgIpc) is 2.96. The Labute approximate surface area is 174 Å². The van der Waals surface area contributed by atoms with Gasteiger partial charge in [-0.05, 0) is 55.3 Å². The van der Waals surface area contributed by atoms with Crippen molar-refractivity contribution in [1.82, 2.24) is 20.9 Å². The Morgan fingerprint density at radius 2 is 1.87 bits per heavy atom. The van der Waals surface area contributed by atoms with Crippen molar-refractivity contribution in [1.29, 1.82) is 0 Å². The fourth-order valence-corrected chi connectivity index (χ4v) is 5.36. The number of amides is 4. The van der Waals surface area contributed by atoms with Crippen LogP contribution in [0.15, 0.2) is 18.2 Å². The maximum atomic E-state index is 13.0. The molecule has 5 rings (SSSR count). The van der Waals surface area contributed by atoms with Gasteiger partial charge in [-0.15, -0.1) is 0 Å². The molecule has 2 unspecified atom stereocenters. The number of imide groups is 2. The SMILES string of the molecule is O=C1CCC(N2C(=O)c3ccc(CNC4CNCCC45CCC5)cc3C2=O)C(=O)N1. The lowest BCUT2D eigenvalue weighted by Gasteiger charge is -2.51. The Kier molecular flexibility index (Phi) is 4.71. The van der Waals surface area contributed by atoms with Gasteiger partial charge in [0.25, 0.3) is 11.8 Å². The fourth-order valence-electron chi connectivity index (χ4n) is 5.36. The monoisotopic (exact) mass is 410 g/mol. The van der Waals surface area contributed by atoms with Gasteiger partial charge in [0.1, 0.15) is 6.04 Å². The van der Waals surface area contributed by atoms with Crippen LogP contribution < -0.4 is 16.0 Å². The lowest BCUT2D eigenvalue weighted by molar-refractivity contribution is -0.136. The Hall–Kier alpha value is -2.58. The first-order valence-corrected chi connectivity index (χ1v) is 10.8. The summed E-state index contributed by atoms with van der Waals surface area (Å²) in [5.74, 6) is -1.88. The highest BCUT2D eigenvalue weighted by Gasteiger charge is 2.46. The van der Waals surface area contributed by atoms with Crippen molar-refractivity contribution in [3.63, 3.8) is 0 Å². The van der Waals surface area contributed by atoms with E-state index in [-0.39, 0.29) is 18.7 Å². The molecule has 8 heteroatoms. The van der Waals surface area contributed by atoms with Gasteiger partial charge in [0.15, 0.2) is 0 Å². The summed E-state index contributed by atoms with van der Waals surface area (Å²) in [6.45, 7) is 2.65. The molecule has 2 saturated heterocycles. The highest BCUT2D eigenvalue weighted by atomic mass is 16.2. The normalized spacial score (nSPS) is 27.8. The lowest BCUT2D eigenvalue weighted by atomic mass is 9.61. The van der Waals surface area contributed by atoms with Crippen LogP contribution in [0.5, 0.6) is 0 Å². The minimum absolute atomic E-state index is 0.121. The van der Waals surface area contributed by atoms with Gasteiger partial charge >= 0.3 is 0 Å². The minimum Gasteiger partial charge on any atom is -0.315 e. The molecule has 3 heterocycles. The van der Waals surface area contributed by atoms with Crippen molar-refractivity contribution in [2.45, 2.75) is 57.2 Å². The Morgan fingerprint density at radius 3 is 2.60 bits per heavy atom. The molecule has 1 spiro atoms. The fraction of sp³-hybridized carbons (Fsp3) is 0.545. The van der Waals surface area contributed by atoms with E-state index >= 15 is 0 Å². The summed E-state index contributed by atoms with van der Waals surface area (Å²) in [5, 5.41) is 9.35. The van der Waals surface area contributed by atoms with Crippen LogP contribution in [0.4, 0.5) is 0 Å². The Balaban J connectivity index is 1.31.